The first kappa shape index (κ1) is 11.9. The molecule has 0 fully saturated rings. The minimum atomic E-state index is 0.264. The Labute approximate surface area is 105 Å². The normalized spacial score (nSPS) is 10.6. The van der Waals surface area contributed by atoms with Gasteiger partial charge >= 0.3 is 0 Å². The number of benzene rings is 1. The maximum atomic E-state index is 9.60. The number of aryl methyl sites for hydroxylation is 3. The van der Waals surface area contributed by atoms with Crippen LogP contribution in [0.25, 0.3) is 10.6 Å². The van der Waals surface area contributed by atoms with E-state index in [0.29, 0.717) is 5.69 Å². The van der Waals surface area contributed by atoms with Crippen molar-refractivity contribution in [3.05, 3.63) is 29.0 Å². The minimum Gasteiger partial charge on any atom is -0.498 e. The SMILES string of the molecule is COc1cc(C)c(C)cc1-c1nc(C)c(O)s1. The lowest BCUT2D eigenvalue weighted by atomic mass is 10.1. The monoisotopic (exact) mass is 249 g/mol. The number of aromatic hydroxyl groups is 1. The molecule has 0 bridgehead atoms. The largest absolute Gasteiger partial charge is 0.498 e. The summed E-state index contributed by atoms with van der Waals surface area (Å²) in [5.74, 6) is 0.793. The smallest absolute Gasteiger partial charge is 0.195 e. The Morgan fingerprint density at radius 2 is 1.82 bits per heavy atom. The van der Waals surface area contributed by atoms with Crippen LogP contribution in [-0.2, 0) is 0 Å². The number of hydrogen-bond donors (Lipinski definition) is 1. The van der Waals surface area contributed by atoms with E-state index in [1.807, 2.05) is 19.1 Å². The van der Waals surface area contributed by atoms with Gasteiger partial charge in [0.15, 0.2) is 5.06 Å². The second kappa shape index (κ2) is 4.37. The van der Waals surface area contributed by atoms with Crippen molar-refractivity contribution in [2.24, 2.45) is 0 Å². The third-order valence-corrected chi connectivity index (χ3v) is 3.81. The summed E-state index contributed by atoms with van der Waals surface area (Å²) in [6.07, 6.45) is 0. The Balaban J connectivity index is 2.61. The zero-order chi connectivity index (χ0) is 12.6. The molecule has 0 aliphatic heterocycles. The van der Waals surface area contributed by atoms with E-state index >= 15 is 0 Å². The van der Waals surface area contributed by atoms with Gasteiger partial charge in [-0.05, 0) is 44.0 Å². The Morgan fingerprint density at radius 3 is 2.35 bits per heavy atom. The molecule has 0 atom stereocenters. The fourth-order valence-corrected chi connectivity index (χ4v) is 2.46. The number of ether oxygens (including phenoxy) is 1. The summed E-state index contributed by atoms with van der Waals surface area (Å²) >= 11 is 1.28. The van der Waals surface area contributed by atoms with Gasteiger partial charge in [-0.15, -0.1) is 0 Å². The molecule has 1 aromatic heterocycles. The second-order valence-electron chi connectivity index (χ2n) is 4.05. The molecule has 0 amide bonds. The predicted octanol–water partition coefficient (Wildman–Crippen LogP) is 3.45. The van der Waals surface area contributed by atoms with Crippen LogP contribution in [-0.4, -0.2) is 17.2 Å². The van der Waals surface area contributed by atoms with Crippen LogP contribution < -0.4 is 4.74 Å². The summed E-state index contributed by atoms with van der Waals surface area (Å²) < 4.78 is 5.37. The van der Waals surface area contributed by atoms with Crippen molar-refractivity contribution in [3.8, 4) is 21.4 Å². The fourth-order valence-electron chi connectivity index (χ4n) is 1.63. The molecule has 0 aliphatic rings. The number of nitrogens with zero attached hydrogens (tertiary/aromatic N) is 1. The number of aromatic nitrogens is 1. The van der Waals surface area contributed by atoms with Crippen molar-refractivity contribution in [1.29, 1.82) is 0 Å². The van der Waals surface area contributed by atoms with Crippen LogP contribution in [0.2, 0.25) is 0 Å². The topological polar surface area (TPSA) is 42.4 Å². The Kier molecular flexibility index (Phi) is 3.07. The molecule has 4 heteroatoms. The van der Waals surface area contributed by atoms with E-state index in [-0.39, 0.29) is 5.06 Å². The average molecular weight is 249 g/mol. The second-order valence-corrected chi connectivity index (χ2v) is 5.02. The van der Waals surface area contributed by atoms with Crippen molar-refractivity contribution < 1.29 is 9.84 Å². The molecule has 1 heterocycles. The minimum absolute atomic E-state index is 0.264. The van der Waals surface area contributed by atoms with Gasteiger partial charge in [-0.25, -0.2) is 4.98 Å². The number of methoxy groups -OCH3 is 1. The third kappa shape index (κ3) is 2.13. The lowest BCUT2D eigenvalue weighted by molar-refractivity contribution is 0.416. The summed E-state index contributed by atoms with van der Waals surface area (Å²) in [4.78, 5) is 4.35. The van der Waals surface area contributed by atoms with E-state index in [0.717, 1.165) is 16.3 Å². The van der Waals surface area contributed by atoms with E-state index in [1.54, 1.807) is 14.0 Å². The van der Waals surface area contributed by atoms with Gasteiger partial charge in [0, 0.05) is 0 Å². The van der Waals surface area contributed by atoms with Gasteiger partial charge in [-0.3, -0.25) is 0 Å². The van der Waals surface area contributed by atoms with Crippen LogP contribution in [0.15, 0.2) is 12.1 Å². The molecule has 0 saturated heterocycles. The van der Waals surface area contributed by atoms with Gasteiger partial charge < -0.3 is 9.84 Å². The van der Waals surface area contributed by atoms with E-state index in [1.165, 1.54) is 22.5 Å². The molecule has 17 heavy (non-hydrogen) atoms. The molecule has 0 radical (unpaired) electrons. The highest BCUT2D eigenvalue weighted by atomic mass is 32.1. The zero-order valence-corrected chi connectivity index (χ0v) is 11.2. The van der Waals surface area contributed by atoms with Gasteiger partial charge in [0.2, 0.25) is 0 Å². The Bertz CT molecular complexity index is 541. The lowest BCUT2D eigenvalue weighted by Crippen LogP contribution is -1.91. The highest BCUT2D eigenvalue weighted by Gasteiger charge is 2.14. The first-order chi connectivity index (χ1) is 8.02. The zero-order valence-electron chi connectivity index (χ0n) is 10.4. The summed E-state index contributed by atoms with van der Waals surface area (Å²) in [6.45, 7) is 5.90. The summed E-state index contributed by atoms with van der Waals surface area (Å²) in [7, 11) is 1.65. The van der Waals surface area contributed by atoms with Crippen LogP contribution in [0.5, 0.6) is 10.8 Å². The quantitative estimate of drug-likeness (QED) is 0.886. The molecule has 2 rings (SSSR count). The van der Waals surface area contributed by atoms with E-state index < -0.39 is 0 Å². The standard InChI is InChI=1S/C13H15NO2S/c1-7-5-10(11(16-4)6-8(7)2)12-14-9(3)13(15)17-12/h5-6,15H,1-4H3. The molecule has 90 valence electrons. The number of hydrogen-bond acceptors (Lipinski definition) is 4. The predicted molar refractivity (Wildman–Crippen MR) is 70.0 cm³/mol. The van der Waals surface area contributed by atoms with E-state index in [9.17, 15) is 5.11 Å². The molecule has 3 nitrogen and oxygen atoms in total. The Morgan fingerprint density at radius 1 is 1.18 bits per heavy atom. The van der Waals surface area contributed by atoms with Crippen molar-refractivity contribution in [2.75, 3.05) is 7.11 Å². The molecule has 0 unspecified atom stereocenters. The van der Waals surface area contributed by atoms with Crippen molar-refractivity contribution in [2.45, 2.75) is 20.8 Å². The van der Waals surface area contributed by atoms with Crippen LogP contribution >= 0.6 is 11.3 Å². The average Bonchev–Trinajstić information content (AvgIpc) is 2.62. The van der Waals surface area contributed by atoms with Crippen molar-refractivity contribution in [3.63, 3.8) is 0 Å². The fraction of sp³-hybridized carbons (Fsp3) is 0.308. The molecule has 0 aliphatic carbocycles. The number of thiazole rings is 1. The molecular weight excluding hydrogens is 234 g/mol. The first-order valence-corrected chi connectivity index (χ1v) is 6.16. The summed E-state index contributed by atoms with van der Waals surface area (Å²) in [5, 5.41) is 10.7. The van der Waals surface area contributed by atoms with Crippen molar-refractivity contribution in [1.82, 2.24) is 4.98 Å². The number of rotatable bonds is 2. The van der Waals surface area contributed by atoms with Crippen LogP contribution in [0.1, 0.15) is 16.8 Å². The highest BCUT2D eigenvalue weighted by molar-refractivity contribution is 7.16. The molecule has 2 aromatic rings. The lowest BCUT2D eigenvalue weighted by Gasteiger charge is -2.09. The van der Waals surface area contributed by atoms with Gasteiger partial charge in [0.25, 0.3) is 0 Å². The molecule has 0 saturated carbocycles. The summed E-state index contributed by atoms with van der Waals surface area (Å²) in [6, 6.07) is 4.05. The van der Waals surface area contributed by atoms with Crippen LogP contribution in [0.3, 0.4) is 0 Å². The van der Waals surface area contributed by atoms with Crippen LogP contribution in [0.4, 0.5) is 0 Å². The van der Waals surface area contributed by atoms with Gasteiger partial charge in [-0.2, -0.15) is 0 Å². The molecule has 0 spiro atoms. The van der Waals surface area contributed by atoms with E-state index in [4.69, 9.17) is 4.74 Å². The van der Waals surface area contributed by atoms with Gasteiger partial charge in [-0.1, -0.05) is 11.3 Å². The molecule has 1 N–H and O–H groups in total. The molecular formula is C13H15NO2S. The van der Waals surface area contributed by atoms with Gasteiger partial charge in [0.1, 0.15) is 10.8 Å². The third-order valence-electron chi connectivity index (χ3n) is 2.82. The molecule has 1 aromatic carbocycles. The maximum Gasteiger partial charge on any atom is 0.195 e. The van der Waals surface area contributed by atoms with Gasteiger partial charge in [0.05, 0.1) is 18.4 Å². The summed E-state index contributed by atoms with van der Waals surface area (Å²) in [5.41, 5.74) is 3.96. The van der Waals surface area contributed by atoms with Crippen molar-refractivity contribution >= 4 is 11.3 Å². The first-order valence-electron chi connectivity index (χ1n) is 5.35. The maximum absolute atomic E-state index is 9.60. The Hall–Kier alpha value is -1.55. The van der Waals surface area contributed by atoms with Crippen LogP contribution in [0, 0.1) is 20.8 Å². The van der Waals surface area contributed by atoms with E-state index in [2.05, 4.69) is 11.9 Å². The highest BCUT2D eigenvalue weighted by Crippen LogP contribution is 2.38.